The summed E-state index contributed by atoms with van der Waals surface area (Å²) in [7, 11) is 0. The molecule has 0 amide bonds. The summed E-state index contributed by atoms with van der Waals surface area (Å²) in [4.78, 5) is 13.0. The molecular formula is C21H18O5S. The van der Waals surface area contributed by atoms with Gasteiger partial charge in [-0.1, -0.05) is 42.5 Å². The molecule has 1 unspecified atom stereocenters. The predicted octanol–water partition coefficient (Wildman–Crippen LogP) is 4.40. The van der Waals surface area contributed by atoms with E-state index in [4.69, 9.17) is 13.7 Å². The molecule has 138 valence electrons. The van der Waals surface area contributed by atoms with Gasteiger partial charge in [0.05, 0.1) is 5.75 Å². The van der Waals surface area contributed by atoms with Gasteiger partial charge in [-0.15, -0.1) is 0 Å². The summed E-state index contributed by atoms with van der Waals surface area (Å²) in [6.07, 6.45) is 0. The Bertz CT molecular complexity index is 1060. The first-order valence-electron chi connectivity index (χ1n) is 8.49. The third kappa shape index (κ3) is 3.22. The molecule has 4 rings (SSSR count). The Morgan fingerprint density at radius 1 is 1.07 bits per heavy atom. The highest BCUT2D eigenvalue weighted by molar-refractivity contribution is 7.78. The quantitative estimate of drug-likeness (QED) is 0.677. The first-order valence-corrected chi connectivity index (χ1v) is 9.76. The number of ketones is 1. The largest absolute Gasteiger partial charge is 0.478 e. The summed E-state index contributed by atoms with van der Waals surface area (Å²) >= 11 is -1.90. The molecule has 1 atom stereocenters. The van der Waals surface area contributed by atoms with Crippen molar-refractivity contribution in [1.82, 2.24) is 0 Å². The minimum absolute atomic E-state index is 0.0566. The van der Waals surface area contributed by atoms with Gasteiger partial charge in [0, 0.05) is 10.9 Å². The average Bonchev–Trinajstić information content (AvgIpc) is 3.14. The van der Waals surface area contributed by atoms with E-state index in [1.165, 1.54) is 0 Å². The van der Waals surface area contributed by atoms with E-state index in [2.05, 4.69) is 0 Å². The second kappa shape index (κ2) is 6.48. The van der Waals surface area contributed by atoms with Crippen LogP contribution in [0.3, 0.4) is 0 Å². The molecule has 1 N–H and O–H groups in total. The van der Waals surface area contributed by atoms with Crippen LogP contribution in [0.5, 0.6) is 0 Å². The maximum absolute atomic E-state index is 13.0. The predicted molar refractivity (Wildman–Crippen MR) is 104 cm³/mol. The van der Waals surface area contributed by atoms with Gasteiger partial charge in [-0.2, -0.15) is 0 Å². The van der Waals surface area contributed by atoms with Gasteiger partial charge < -0.3 is 13.7 Å². The van der Waals surface area contributed by atoms with E-state index < -0.39 is 16.7 Å². The van der Waals surface area contributed by atoms with Crippen LogP contribution >= 0.6 is 0 Å². The molecule has 2 aromatic carbocycles. The monoisotopic (exact) mass is 382 g/mol. The Labute approximate surface area is 158 Å². The van der Waals surface area contributed by atoms with Crippen LogP contribution in [0, 0.1) is 0 Å². The zero-order chi connectivity index (χ0) is 19.2. The minimum Gasteiger partial charge on any atom is -0.478 e. The molecule has 0 saturated carbocycles. The number of hydrogen-bond acceptors (Lipinski definition) is 4. The summed E-state index contributed by atoms with van der Waals surface area (Å²) in [5.74, 6) is 0.848. The summed E-state index contributed by atoms with van der Waals surface area (Å²) < 4.78 is 31.9. The fourth-order valence-electron chi connectivity index (χ4n) is 3.18. The number of Topliss-reactive ketones (excluding diaryl/α,β-unsaturated/α-hetero) is 1. The zero-order valence-corrected chi connectivity index (χ0v) is 15.7. The molecule has 2 heterocycles. The Kier molecular flexibility index (Phi) is 4.25. The van der Waals surface area contributed by atoms with E-state index >= 15 is 0 Å². The Morgan fingerprint density at radius 3 is 2.44 bits per heavy atom. The Morgan fingerprint density at radius 2 is 1.78 bits per heavy atom. The molecule has 6 heteroatoms. The lowest BCUT2D eigenvalue weighted by Crippen LogP contribution is -2.29. The summed E-state index contributed by atoms with van der Waals surface area (Å²) in [5, 5.41) is 0.914. The normalized spacial score (nSPS) is 17.4. The third-order valence-corrected chi connectivity index (χ3v) is 5.12. The van der Waals surface area contributed by atoms with Crippen molar-refractivity contribution >= 4 is 39.2 Å². The first-order chi connectivity index (χ1) is 12.8. The number of ether oxygens (including phenoxy) is 1. The van der Waals surface area contributed by atoms with Crippen LogP contribution in [0.25, 0.3) is 22.3 Å². The molecule has 27 heavy (non-hydrogen) atoms. The molecule has 0 spiro atoms. The van der Waals surface area contributed by atoms with Crippen molar-refractivity contribution in [3.05, 3.63) is 71.5 Å². The van der Waals surface area contributed by atoms with Gasteiger partial charge in [-0.3, -0.25) is 4.79 Å². The topological polar surface area (TPSA) is 76.7 Å². The standard InChI is InChI=1S/C21H18O5S/c1-21(2)20(22)18(17-11-15-5-3-4-6-16(15)25-17)19(26-21)14-9-7-13(8-10-14)12-27(23)24/h3-11H,12H2,1-2H3,(H,23,24). The van der Waals surface area contributed by atoms with Crippen LogP contribution in [0.2, 0.25) is 0 Å². The van der Waals surface area contributed by atoms with E-state index in [1.807, 2.05) is 30.3 Å². The minimum atomic E-state index is -1.90. The fourth-order valence-corrected chi connectivity index (χ4v) is 3.66. The van der Waals surface area contributed by atoms with E-state index in [0.29, 0.717) is 22.7 Å². The second-order valence-corrected chi connectivity index (χ2v) is 7.89. The summed E-state index contributed by atoms with van der Waals surface area (Å²) in [6.45, 7) is 3.46. The Balaban J connectivity index is 1.83. The van der Waals surface area contributed by atoms with Crippen molar-refractivity contribution in [3.8, 4) is 0 Å². The number of carbonyl (C=O) groups excluding carboxylic acids is 1. The van der Waals surface area contributed by atoms with Crippen molar-refractivity contribution in [2.75, 3.05) is 0 Å². The number of hydrogen-bond donors (Lipinski definition) is 1. The van der Waals surface area contributed by atoms with Gasteiger partial charge in [-0.25, -0.2) is 4.21 Å². The number of para-hydroxylation sites is 1. The van der Waals surface area contributed by atoms with Gasteiger partial charge in [0.1, 0.15) is 22.7 Å². The molecule has 5 nitrogen and oxygen atoms in total. The van der Waals surface area contributed by atoms with Crippen molar-refractivity contribution in [2.24, 2.45) is 0 Å². The fraction of sp³-hybridized carbons (Fsp3) is 0.190. The van der Waals surface area contributed by atoms with Crippen molar-refractivity contribution in [1.29, 1.82) is 0 Å². The van der Waals surface area contributed by atoms with E-state index in [-0.39, 0.29) is 11.5 Å². The maximum Gasteiger partial charge on any atom is 0.213 e. The average molecular weight is 382 g/mol. The lowest BCUT2D eigenvalue weighted by molar-refractivity contribution is -0.125. The SMILES string of the molecule is CC1(C)OC(c2ccc(CS(=O)O)cc2)=C(c2cc3ccccc3o2)C1=O. The van der Waals surface area contributed by atoms with Crippen LogP contribution in [-0.4, -0.2) is 20.1 Å². The lowest BCUT2D eigenvalue weighted by atomic mass is 9.96. The van der Waals surface area contributed by atoms with Gasteiger partial charge in [0.2, 0.25) is 5.78 Å². The van der Waals surface area contributed by atoms with Gasteiger partial charge >= 0.3 is 0 Å². The number of rotatable bonds is 4. The number of furan rings is 1. The molecule has 1 aliphatic heterocycles. The molecule has 0 radical (unpaired) electrons. The highest BCUT2D eigenvalue weighted by Gasteiger charge is 2.44. The van der Waals surface area contributed by atoms with Crippen LogP contribution in [0.15, 0.2) is 59.0 Å². The highest BCUT2D eigenvalue weighted by Crippen LogP contribution is 2.42. The van der Waals surface area contributed by atoms with E-state index in [1.54, 1.807) is 38.1 Å². The molecular weight excluding hydrogens is 364 g/mol. The molecule has 1 aliphatic rings. The molecule has 3 aromatic rings. The Hall–Kier alpha value is -2.70. The smallest absolute Gasteiger partial charge is 0.213 e. The van der Waals surface area contributed by atoms with E-state index in [0.717, 1.165) is 16.5 Å². The van der Waals surface area contributed by atoms with Crippen molar-refractivity contribution in [2.45, 2.75) is 25.2 Å². The van der Waals surface area contributed by atoms with Crippen LogP contribution in [0.1, 0.15) is 30.7 Å². The van der Waals surface area contributed by atoms with Crippen LogP contribution in [0.4, 0.5) is 0 Å². The molecule has 1 aromatic heterocycles. The molecule has 0 saturated heterocycles. The number of benzene rings is 2. The summed E-state index contributed by atoms with van der Waals surface area (Å²) in [5.41, 5.74) is 1.58. The maximum atomic E-state index is 13.0. The van der Waals surface area contributed by atoms with Gasteiger partial charge in [-0.05, 0) is 31.5 Å². The first kappa shape index (κ1) is 17.7. The second-order valence-electron chi connectivity index (χ2n) is 6.96. The number of carbonyl (C=O) groups is 1. The third-order valence-electron chi connectivity index (χ3n) is 4.54. The van der Waals surface area contributed by atoms with Crippen LogP contribution in [-0.2, 0) is 26.4 Å². The van der Waals surface area contributed by atoms with Crippen molar-refractivity contribution in [3.63, 3.8) is 0 Å². The van der Waals surface area contributed by atoms with Gasteiger partial charge in [0.15, 0.2) is 16.7 Å². The summed E-state index contributed by atoms with van der Waals surface area (Å²) in [6, 6.07) is 16.5. The van der Waals surface area contributed by atoms with Gasteiger partial charge in [0.25, 0.3) is 0 Å². The zero-order valence-electron chi connectivity index (χ0n) is 14.9. The highest BCUT2D eigenvalue weighted by atomic mass is 32.2. The number of fused-ring (bicyclic) bond motifs is 1. The molecule has 0 aliphatic carbocycles. The molecule has 0 fully saturated rings. The lowest BCUT2D eigenvalue weighted by Gasteiger charge is -2.17. The van der Waals surface area contributed by atoms with Crippen molar-refractivity contribution < 1.29 is 22.7 Å². The van der Waals surface area contributed by atoms with Crippen LogP contribution < -0.4 is 0 Å². The van der Waals surface area contributed by atoms with E-state index in [9.17, 15) is 9.00 Å². The molecule has 0 bridgehead atoms.